The van der Waals surface area contributed by atoms with Gasteiger partial charge >= 0.3 is 6.18 Å². The first-order valence-corrected chi connectivity index (χ1v) is 25.6. The largest absolute Gasteiger partial charge is 0.417 e. The van der Waals surface area contributed by atoms with Crippen LogP contribution in [0, 0.1) is 18.3 Å². The molecule has 364 valence electrons. The second-order valence-corrected chi connectivity index (χ2v) is 19.9. The van der Waals surface area contributed by atoms with Gasteiger partial charge in [0.05, 0.1) is 67.0 Å². The van der Waals surface area contributed by atoms with Gasteiger partial charge in [-0.2, -0.15) is 18.4 Å². The molecule has 0 aliphatic rings. The van der Waals surface area contributed by atoms with E-state index >= 15 is 13.2 Å². The lowest BCUT2D eigenvalue weighted by Gasteiger charge is -2.22. The van der Waals surface area contributed by atoms with E-state index in [0.29, 0.717) is 33.5 Å². The average Bonchev–Trinajstić information content (AvgIpc) is 4.38. The van der Waals surface area contributed by atoms with Crippen molar-refractivity contribution in [3.63, 3.8) is 0 Å². The minimum atomic E-state index is -4.67. The van der Waals surface area contributed by atoms with Crippen LogP contribution < -0.4 is 0 Å². The van der Waals surface area contributed by atoms with Crippen molar-refractivity contribution in [1.82, 2.24) is 18.3 Å². The molecule has 0 atom stereocenters. The van der Waals surface area contributed by atoms with E-state index in [2.05, 4.69) is 146 Å². The molecule has 11 aromatic carbocycles. The molecule has 0 aliphatic carbocycles. The third kappa shape index (κ3) is 6.60. The zero-order valence-corrected chi connectivity index (χ0v) is 41.4. The number of aromatic nitrogens is 4. The highest BCUT2D eigenvalue weighted by Crippen LogP contribution is 2.48. The number of fused-ring (bicyclic) bond motifs is 12. The maximum Gasteiger partial charge on any atom is 0.417 e. The molecule has 77 heavy (non-hydrogen) atoms. The van der Waals surface area contributed by atoms with Crippen molar-refractivity contribution in [2.24, 2.45) is 0 Å². The molecule has 4 heterocycles. The van der Waals surface area contributed by atoms with Crippen LogP contribution in [0.25, 0.3) is 132 Å². The van der Waals surface area contributed by atoms with Gasteiger partial charge in [0.2, 0.25) is 0 Å². The van der Waals surface area contributed by atoms with E-state index < -0.39 is 11.7 Å². The standard InChI is InChI=1S/C69H42F3N5/c1-42-17-16-26-58(69(70,71)72)68(42)51-33-32-46(76-61-29-14-10-24-49(61)56-37-54-47-22-8-12-27-59(47)74(64(54)39-66(56)76)44-18-4-2-5-19-44)36-52(51)53-35-43(41-73)31-34-63(53)77-62-30-15-11-25-50(62)57-38-55-48-23-9-13-28-60(48)75(65(55)40-67(57)77)45-20-6-3-7-21-45/h2-40H,1H3. The van der Waals surface area contributed by atoms with Gasteiger partial charge in [-0.25, -0.2) is 0 Å². The van der Waals surface area contributed by atoms with Crippen LogP contribution in [0.4, 0.5) is 13.2 Å². The van der Waals surface area contributed by atoms with Crippen molar-refractivity contribution in [2.75, 3.05) is 0 Å². The number of alkyl halides is 3. The van der Waals surface area contributed by atoms with Gasteiger partial charge in [0.15, 0.2) is 0 Å². The van der Waals surface area contributed by atoms with E-state index in [9.17, 15) is 5.26 Å². The summed E-state index contributed by atoms with van der Waals surface area (Å²) < 4.78 is 55.7. The second kappa shape index (κ2) is 16.7. The Morgan fingerprint density at radius 3 is 1.26 bits per heavy atom. The quantitative estimate of drug-likeness (QED) is 0.164. The fourth-order valence-corrected chi connectivity index (χ4v) is 12.5. The van der Waals surface area contributed by atoms with Gasteiger partial charge < -0.3 is 18.3 Å². The van der Waals surface area contributed by atoms with Crippen molar-refractivity contribution >= 4 is 87.2 Å². The van der Waals surface area contributed by atoms with E-state index in [-0.39, 0.29) is 5.56 Å². The van der Waals surface area contributed by atoms with Crippen LogP contribution in [0.3, 0.4) is 0 Å². The van der Waals surface area contributed by atoms with Crippen molar-refractivity contribution in [3.05, 3.63) is 253 Å². The third-order valence-electron chi connectivity index (χ3n) is 15.7. The number of aryl methyl sites for hydroxylation is 1. The predicted octanol–water partition coefficient (Wildman–Crippen LogP) is 18.6. The van der Waals surface area contributed by atoms with Gasteiger partial charge in [-0.1, -0.05) is 127 Å². The topological polar surface area (TPSA) is 43.5 Å². The molecule has 15 rings (SSSR count). The van der Waals surface area contributed by atoms with Crippen molar-refractivity contribution < 1.29 is 13.2 Å². The van der Waals surface area contributed by atoms with Crippen molar-refractivity contribution in [3.8, 4) is 51.1 Å². The van der Waals surface area contributed by atoms with Crippen LogP contribution in [-0.4, -0.2) is 18.3 Å². The Morgan fingerprint density at radius 2 is 0.779 bits per heavy atom. The summed E-state index contributed by atoms with van der Waals surface area (Å²) in [5, 5.41) is 19.4. The van der Waals surface area contributed by atoms with Gasteiger partial charge in [-0.15, -0.1) is 0 Å². The van der Waals surface area contributed by atoms with Crippen LogP contribution >= 0.6 is 0 Å². The molecular weight excluding hydrogens is 956 g/mol. The summed E-state index contributed by atoms with van der Waals surface area (Å²) in [6.45, 7) is 1.74. The normalized spacial score (nSPS) is 12.1. The first-order chi connectivity index (χ1) is 37.7. The summed E-state index contributed by atoms with van der Waals surface area (Å²) in [6, 6.07) is 81.5. The molecule has 4 aromatic heterocycles. The Bertz CT molecular complexity index is 4990. The van der Waals surface area contributed by atoms with Crippen molar-refractivity contribution in [1.29, 1.82) is 5.26 Å². The first-order valence-electron chi connectivity index (χ1n) is 25.6. The summed E-state index contributed by atoms with van der Waals surface area (Å²) in [5.74, 6) is 0. The molecule has 0 saturated heterocycles. The Morgan fingerprint density at radius 1 is 0.338 bits per heavy atom. The van der Waals surface area contributed by atoms with Gasteiger partial charge in [0.1, 0.15) is 0 Å². The van der Waals surface area contributed by atoms with E-state index in [1.54, 1.807) is 19.1 Å². The zero-order valence-electron chi connectivity index (χ0n) is 41.4. The highest BCUT2D eigenvalue weighted by atomic mass is 19.4. The lowest BCUT2D eigenvalue weighted by Crippen LogP contribution is -2.09. The number of nitrogens with zero attached hydrogens (tertiary/aromatic N) is 5. The van der Waals surface area contributed by atoms with Crippen LogP contribution in [0.15, 0.2) is 237 Å². The van der Waals surface area contributed by atoms with E-state index in [1.807, 2.05) is 91.0 Å². The molecular formula is C69H42F3N5. The molecule has 15 aromatic rings. The number of hydrogen-bond acceptors (Lipinski definition) is 1. The van der Waals surface area contributed by atoms with Gasteiger partial charge in [0, 0.05) is 65.7 Å². The molecule has 0 radical (unpaired) electrons. The number of hydrogen-bond donors (Lipinski definition) is 0. The monoisotopic (exact) mass is 997 g/mol. The highest BCUT2D eigenvalue weighted by Gasteiger charge is 2.35. The molecule has 5 nitrogen and oxygen atoms in total. The van der Waals surface area contributed by atoms with Gasteiger partial charge in [0.25, 0.3) is 0 Å². The summed E-state index contributed by atoms with van der Waals surface area (Å²) in [5.41, 5.74) is 13.2. The summed E-state index contributed by atoms with van der Waals surface area (Å²) in [7, 11) is 0. The Labute approximate surface area is 439 Å². The third-order valence-corrected chi connectivity index (χ3v) is 15.7. The summed E-state index contributed by atoms with van der Waals surface area (Å²) >= 11 is 0. The number of rotatable bonds is 6. The SMILES string of the molecule is Cc1cccc(C(F)(F)F)c1-c1ccc(-n2c3ccccc3c3cc4c5ccccc5n(-c5ccccc5)c4cc32)cc1-c1cc(C#N)ccc1-n1c2ccccc2c2cc3c4ccccc4n(-c4ccccc4)c3cc21. The molecule has 0 unspecified atom stereocenters. The molecule has 0 N–H and O–H groups in total. The molecule has 8 heteroatoms. The fraction of sp³-hybridized carbons (Fsp3) is 0.0290. The first kappa shape index (κ1) is 44.4. The fourth-order valence-electron chi connectivity index (χ4n) is 12.5. The van der Waals surface area contributed by atoms with Crippen LogP contribution in [0.5, 0.6) is 0 Å². The summed E-state index contributed by atoms with van der Waals surface area (Å²) in [4.78, 5) is 0. The highest BCUT2D eigenvalue weighted by molar-refractivity contribution is 6.21. The minimum Gasteiger partial charge on any atom is -0.309 e. The molecule has 0 amide bonds. The Hall–Kier alpha value is -10.1. The van der Waals surface area contributed by atoms with Gasteiger partial charge in [-0.3, -0.25) is 0 Å². The van der Waals surface area contributed by atoms with E-state index in [1.165, 1.54) is 12.1 Å². The second-order valence-electron chi connectivity index (χ2n) is 19.9. The lowest BCUT2D eigenvalue weighted by atomic mass is 9.87. The minimum absolute atomic E-state index is 0.0856. The van der Waals surface area contributed by atoms with Crippen molar-refractivity contribution in [2.45, 2.75) is 13.1 Å². The molecule has 0 spiro atoms. The molecule has 0 fully saturated rings. The van der Waals surface area contributed by atoms with Gasteiger partial charge in [-0.05, 0) is 138 Å². The number of halogens is 3. The van der Waals surface area contributed by atoms with Crippen LogP contribution in [0.1, 0.15) is 16.7 Å². The number of nitriles is 1. The van der Waals surface area contributed by atoms with Crippen LogP contribution in [0.2, 0.25) is 0 Å². The molecule has 0 bridgehead atoms. The predicted molar refractivity (Wildman–Crippen MR) is 309 cm³/mol. The number of para-hydroxylation sites is 6. The van der Waals surface area contributed by atoms with E-state index in [0.717, 1.165) is 104 Å². The molecule has 0 saturated carbocycles. The lowest BCUT2D eigenvalue weighted by molar-refractivity contribution is -0.137. The summed E-state index contributed by atoms with van der Waals surface area (Å²) in [6.07, 6.45) is -4.67. The number of benzene rings is 11. The van der Waals surface area contributed by atoms with E-state index in [4.69, 9.17) is 0 Å². The average molecular weight is 998 g/mol. The molecule has 0 aliphatic heterocycles. The van der Waals surface area contributed by atoms with Crippen LogP contribution in [-0.2, 0) is 6.18 Å². The Balaban J connectivity index is 1.06. The maximum atomic E-state index is 15.5. The zero-order chi connectivity index (χ0) is 51.7. The Kier molecular flexibility index (Phi) is 9.63. The smallest absolute Gasteiger partial charge is 0.309 e. The maximum absolute atomic E-state index is 15.5.